The highest BCUT2D eigenvalue weighted by molar-refractivity contribution is 9.10. The standard InChI is InChI=1S/C14H11BrN6O4S2/c15-7-2-1-6(25-7)11(23)19-9-10(16)20-14(21-12(9)24)27-5-8(22)18-13-17-3-4-26-13/h1-4H,5H2,(H,19,23)(H,17,18,22)(H3,16,20,21,24). The van der Waals surface area contributed by atoms with Crippen LogP contribution in [0.4, 0.5) is 16.6 Å². The predicted octanol–water partition coefficient (Wildman–Crippen LogP) is 2.15. The number of halogens is 1. The van der Waals surface area contributed by atoms with Crippen molar-refractivity contribution < 1.29 is 14.0 Å². The Morgan fingerprint density at radius 3 is 2.81 bits per heavy atom. The van der Waals surface area contributed by atoms with Crippen LogP contribution in [0.2, 0.25) is 0 Å². The van der Waals surface area contributed by atoms with E-state index in [1.54, 1.807) is 11.6 Å². The van der Waals surface area contributed by atoms with Gasteiger partial charge in [-0.2, -0.15) is 0 Å². The van der Waals surface area contributed by atoms with Crippen molar-refractivity contribution >= 4 is 67.5 Å². The number of carbonyl (C=O) groups excluding carboxylic acids is 2. The maximum absolute atomic E-state index is 12.2. The predicted molar refractivity (Wildman–Crippen MR) is 105 cm³/mol. The highest BCUT2D eigenvalue weighted by Crippen LogP contribution is 2.19. The number of carbonyl (C=O) groups is 2. The largest absolute Gasteiger partial charge is 0.444 e. The van der Waals surface area contributed by atoms with Crippen LogP contribution in [-0.2, 0) is 4.79 Å². The molecule has 3 rings (SSSR count). The fourth-order valence-corrected chi connectivity index (χ4v) is 3.36. The third-order valence-corrected chi connectivity index (χ3v) is 4.97. The first kappa shape index (κ1) is 19.1. The summed E-state index contributed by atoms with van der Waals surface area (Å²) in [5.74, 6) is -1.15. The van der Waals surface area contributed by atoms with E-state index < -0.39 is 11.5 Å². The smallest absolute Gasteiger partial charge is 0.291 e. The number of nitrogens with two attached hydrogens (primary N) is 1. The van der Waals surface area contributed by atoms with Gasteiger partial charge in [0.2, 0.25) is 5.91 Å². The number of H-pyrrole nitrogens is 1. The molecule has 0 aliphatic heterocycles. The number of thiazole rings is 1. The molecular formula is C14H11BrN6O4S2. The van der Waals surface area contributed by atoms with Gasteiger partial charge < -0.3 is 20.8 Å². The first-order valence-corrected chi connectivity index (χ1v) is 9.87. The second kappa shape index (κ2) is 8.37. The quantitative estimate of drug-likeness (QED) is 0.315. The SMILES string of the molecule is Nc1nc(SCC(=O)Nc2nccs2)[nH]c(=O)c1NC(=O)c1ccc(Br)o1. The lowest BCUT2D eigenvalue weighted by Crippen LogP contribution is -2.23. The molecule has 0 aromatic carbocycles. The van der Waals surface area contributed by atoms with Crippen molar-refractivity contribution in [1.82, 2.24) is 15.0 Å². The number of aromatic nitrogens is 3. The van der Waals surface area contributed by atoms with Crippen LogP contribution >= 0.6 is 39.0 Å². The van der Waals surface area contributed by atoms with E-state index in [4.69, 9.17) is 10.2 Å². The lowest BCUT2D eigenvalue weighted by Gasteiger charge is -2.07. The summed E-state index contributed by atoms with van der Waals surface area (Å²) in [6.45, 7) is 0. The van der Waals surface area contributed by atoms with E-state index in [0.29, 0.717) is 9.80 Å². The Hall–Kier alpha value is -2.64. The minimum absolute atomic E-state index is 0.00187. The average molecular weight is 471 g/mol. The van der Waals surface area contributed by atoms with Gasteiger partial charge in [0.15, 0.2) is 32.2 Å². The molecule has 2 amide bonds. The minimum atomic E-state index is -0.650. The van der Waals surface area contributed by atoms with Gasteiger partial charge in [-0.3, -0.25) is 19.4 Å². The Labute approximate surface area is 168 Å². The molecule has 3 aromatic rings. The number of nitrogens with one attached hydrogen (secondary N) is 3. The number of nitrogen functional groups attached to an aromatic ring is 1. The lowest BCUT2D eigenvalue weighted by atomic mass is 10.4. The summed E-state index contributed by atoms with van der Waals surface area (Å²) in [6.07, 6.45) is 1.57. The van der Waals surface area contributed by atoms with E-state index in [2.05, 4.69) is 41.5 Å². The summed E-state index contributed by atoms with van der Waals surface area (Å²) < 4.78 is 5.48. The van der Waals surface area contributed by atoms with Gasteiger partial charge in [0.25, 0.3) is 11.5 Å². The molecule has 0 saturated heterocycles. The fraction of sp³-hybridized carbons (Fsp3) is 0.0714. The molecule has 140 valence electrons. The summed E-state index contributed by atoms with van der Waals surface area (Å²) >= 11 is 5.36. The first-order valence-electron chi connectivity index (χ1n) is 7.21. The Morgan fingerprint density at radius 2 is 2.19 bits per heavy atom. The molecule has 10 nitrogen and oxygen atoms in total. The van der Waals surface area contributed by atoms with Crippen molar-refractivity contribution in [1.29, 1.82) is 0 Å². The Balaban J connectivity index is 1.64. The lowest BCUT2D eigenvalue weighted by molar-refractivity contribution is -0.113. The zero-order valence-electron chi connectivity index (χ0n) is 13.3. The van der Waals surface area contributed by atoms with Crippen LogP contribution < -0.4 is 21.9 Å². The van der Waals surface area contributed by atoms with E-state index in [9.17, 15) is 14.4 Å². The number of rotatable bonds is 6. The zero-order chi connectivity index (χ0) is 19.4. The van der Waals surface area contributed by atoms with Crippen molar-refractivity contribution in [2.24, 2.45) is 0 Å². The number of hydrogen-bond acceptors (Lipinski definition) is 9. The van der Waals surface area contributed by atoms with Crippen LogP contribution in [0, 0.1) is 0 Å². The number of furan rings is 1. The summed E-state index contributed by atoms with van der Waals surface area (Å²) in [4.78, 5) is 46.5. The van der Waals surface area contributed by atoms with Crippen LogP contribution in [0.15, 0.2) is 42.7 Å². The monoisotopic (exact) mass is 470 g/mol. The third-order valence-electron chi connectivity index (χ3n) is 2.98. The molecule has 5 N–H and O–H groups in total. The molecule has 0 atom stereocenters. The highest BCUT2D eigenvalue weighted by atomic mass is 79.9. The van der Waals surface area contributed by atoms with Gasteiger partial charge in [0.05, 0.1) is 5.75 Å². The van der Waals surface area contributed by atoms with Crippen molar-refractivity contribution in [2.75, 3.05) is 22.1 Å². The second-order valence-corrected chi connectivity index (χ2v) is 7.50. The molecule has 0 spiro atoms. The van der Waals surface area contributed by atoms with Gasteiger partial charge in [-0.05, 0) is 28.1 Å². The summed E-state index contributed by atoms with van der Waals surface area (Å²) in [7, 11) is 0. The van der Waals surface area contributed by atoms with Crippen molar-refractivity contribution in [3.63, 3.8) is 0 Å². The number of amides is 2. The number of aromatic amines is 1. The molecule has 0 aliphatic carbocycles. The molecule has 0 fully saturated rings. The fourth-order valence-electron chi connectivity index (χ4n) is 1.84. The number of thioether (sulfide) groups is 1. The van der Waals surface area contributed by atoms with Gasteiger partial charge in [-0.1, -0.05) is 11.8 Å². The van der Waals surface area contributed by atoms with Crippen LogP contribution in [0.5, 0.6) is 0 Å². The maximum Gasteiger partial charge on any atom is 0.291 e. The Kier molecular flexibility index (Phi) is 5.93. The van der Waals surface area contributed by atoms with Crippen LogP contribution in [0.3, 0.4) is 0 Å². The Morgan fingerprint density at radius 1 is 1.37 bits per heavy atom. The number of nitrogens with zero attached hydrogens (tertiary/aromatic N) is 2. The van der Waals surface area contributed by atoms with Gasteiger partial charge in [0, 0.05) is 11.6 Å². The van der Waals surface area contributed by atoms with Gasteiger partial charge in [0.1, 0.15) is 0 Å². The van der Waals surface area contributed by atoms with E-state index in [-0.39, 0.29) is 34.1 Å². The van der Waals surface area contributed by atoms with Gasteiger partial charge >= 0.3 is 0 Å². The van der Waals surface area contributed by atoms with Crippen molar-refractivity contribution in [3.8, 4) is 0 Å². The van der Waals surface area contributed by atoms with Gasteiger partial charge in [-0.25, -0.2) is 9.97 Å². The van der Waals surface area contributed by atoms with Crippen molar-refractivity contribution in [2.45, 2.75) is 5.16 Å². The second-order valence-electron chi connectivity index (χ2n) is 4.86. The molecule has 3 heterocycles. The molecule has 0 radical (unpaired) electrons. The zero-order valence-corrected chi connectivity index (χ0v) is 16.5. The topological polar surface area (TPSA) is 156 Å². The molecule has 27 heavy (non-hydrogen) atoms. The third kappa shape index (κ3) is 4.96. The maximum atomic E-state index is 12.2. The van der Waals surface area contributed by atoms with Crippen molar-refractivity contribution in [3.05, 3.63) is 44.5 Å². The van der Waals surface area contributed by atoms with E-state index in [1.807, 2.05) is 0 Å². The van der Waals surface area contributed by atoms with Gasteiger partial charge in [-0.15, -0.1) is 11.3 Å². The van der Waals surface area contributed by atoms with E-state index >= 15 is 0 Å². The Bertz CT molecular complexity index is 1030. The van der Waals surface area contributed by atoms with Crippen LogP contribution in [-0.4, -0.2) is 32.5 Å². The normalized spacial score (nSPS) is 10.6. The number of anilines is 3. The molecule has 3 aromatic heterocycles. The van der Waals surface area contributed by atoms with Crippen LogP contribution in [0.25, 0.3) is 0 Å². The summed E-state index contributed by atoms with van der Waals surface area (Å²) in [6, 6.07) is 2.97. The molecule has 0 unspecified atom stereocenters. The summed E-state index contributed by atoms with van der Waals surface area (Å²) in [5.41, 5.74) is 4.91. The summed E-state index contributed by atoms with van der Waals surface area (Å²) in [5, 5.41) is 7.31. The average Bonchev–Trinajstić information content (AvgIpc) is 3.28. The van der Waals surface area contributed by atoms with Crippen LogP contribution in [0.1, 0.15) is 10.6 Å². The van der Waals surface area contributed by atoms with E-state index in [1.165, 1.54) is 23.5 Å². The molecule has 0 aliphatic rings. The first-order chi connectivity index (χ1) is 12.9. The minimum Gasteiger partial charge on any atom is -0.444 e. The molecule has 0 saturated carbocycles. The van der Waals surface area contributed by atoms with E-state index in [0.717, 1.165) is 11.8 Å². The molecule has 0 bridgehead atoms. The molecule has 13 heteroatoms. The highest BCUT2D eigenvalue weighted by Gasteiger charge is 2.17. The molecular weight excluding hydrogens is 460 g/mol. The number of hydrogen-bond donors (Lipinski definition) is 4.